The van der Waals surface area contributed by atoms with E-state index in [1.165, 1.54) is 6.07 Å². The van der Waals surface area contributed by atoms with Crippen molar-refractivity contribution in [3.05, 3.63) is 35.1 Å². The number of benzene rings is 1. The van der Waals surface area contributed by atoms with Crippen molar-refractivity contribution in [2.24, 2.45) is 0 Å². The standard InChI is InChI=1S/C10H14FNO2/c1-13-7-9-5-8(6-12-14-2)3-4-10(9)11/h3-5,12H,6-7H2,1-2H3. The van der Waals surface area contributed by atoms with Crippen LogP contribution in [0.2, 0.25) is 0 Å². The topological polar surface area (TPSA) is 30.5 Å². The first-order chi connectivity index (χ1) is 6.77. The molecule has 0 aliphatic carbocycles. The molecule has 1 aromatic rings. The van der Waals surface area contributed by atoms with E-state index in [0.717, 1.165) is 5.56 Å². The maximum absolute atomic E-state index is 13.1. The summed E-state index contributed by atoms with van der Waals surface area (Å²) in [6.45, 7) is 0.833. The zero-order valence-corrected chi connectivity index (χ0v) is 8.34. The highest BCUT2D eigenvalue weighted by molar-refractivity contribution is 5.24. The molecule has 78 valence electrons. The van der Waals surface area contributed by atoms with Crippen molar-refractivity contribution >= 4 is 0 Å². The first-order valence-corrected chi connectivity index (χ1v) is 4.30. The van der Waals surface area contributed by atoms with E-state index >= 15 is 0 Å². The van der Waals surface area contributed by atoms with Crippen LogP contribution < -0.4 is 5.48 Å². The van der Waals surface area contributed by atoms with Gasteiger partial charge in [0.15, 0.2) is 0 Å². The predicted molar refractivity (Wildman–Crippen MR) is 51.0 cm³/mol. The Hall–Kier alpha value is -0.970. The van der Waals surface area contributed by atoms with Gasteiger partial charge in [0.2, 0.25) is 0 Å². The first-order valence-electron chi connectivity index (χ1n) is 4.30. The number of methoxy groups -OCH3 is 1. The second-order valence-electron chi connectivity index (χ2n) is 2.88. The molecule has 1 N–H and O–H groups in total. The molecule has 3 nitrogen and oxygen atoms in total. The van der Waals surface area contributed by atoms with Crippen LogP contribution in [0.5, 0.6) is 0 Å². The van der Waals surface area contributed by atoms with Crippen molar-refractivity contribution in [2.75, 3.05) is 14.2 Å². The predicted octanol–water partition coefficient (Wildman–Crippen LogP) is 1.62. The molecule has 0 heterocycles. The summed E-state index contributed by atoms with van der Waals surface area (Å²) < 4.78 is 18.0. The minimum Gasteiger partial charge on any atom is -0.380 e. The van der Waals surface area contributed by atoms with Gasteiger partial charge in [0.1, 0.15) is 5.82 Å². The number of nitrogens with one attached hydrogen (secondary N) is 1. The highest BCUT2D eigenvalue weighted by Gasteiger charge is 2.02. The van der Waals surface area contributed by atoms with E-state index < -0.39 is 0 Å². The van der Waals surface area contributed by atoms with Crippen molar-refractivity contribution in [2.45, 2.75) is 13.2 Å². The smallest absolute Gasteiger partial charge is 0.128 e. The third-order valence-corrected chi connectivity index (χ3v) is 1.83. The van der Waals surface area contributed by atoms with E-state index in [4.69, 9.17) is 9.57 Å². The summed E-state index contributed by atoms with van der Waals surface area (Å²) in [6.07, 6.45) is 0. The van der Waals surface area contributed by atoms with Crippen LogP contribution in [0.3, 0.4) is 0 Å². The minimum absolute atomic E-state index is 0.243. The highest BCUT2D eigenvalue weighted by atomic mass is 19.1. The number of halogens is 1. The van der Waals surface area contributed by atoms with Crippen LogP contribution >= 0.6 is 0 Å². The van der Waals surface area contributed by atoms with Gasteiger partial charge in [-0.05, 0) is 17.7 Å². The Kier molecular flexibility index (Phi) is 4.52. The highest BCUT2D eigenvalue weighted by Crippen LogP contribution is 2.11. The van der Waals surface area contributed by atoms with Gasteiger partial charge in [-0.25, -0.2) is 4.39 Å². The van der Waals surface area contributed by atoms with E-state index in [0.29, 0.717) is 12.1 Å². The molecule has 0 bridgehead atoms. The summed E-state index contributed by atoms with van der Waals surface area (Å²) in [7, 11) is 3.08. The van der Waals surface area contributed by atoms with Gasteiger partial charge in [-0.1, -0.05) is 6.07 Å². The van der Waals surface area contributed by atoms with Gasteiger partial charge in [-0.2, -0.15) is 5.48 Å². The first kappa shape index (κ1) is 11.1. The summed E-state index contributed by atoms with van der Waals surface area (Å²) in [5.74, 6) is -0.243. The molecule has 0 radical (unpaired) electrons. The van der Waals surface area contributed by atoms with Gasteiger partial charge in [-0.3, -0.25) is 0 Å². The lowest BCUT2D eigenvalue weighted by atomic mass is 10.1. The van der Waals surface area contributed by atoms with Crippen LogP contribution in [0.4, 0.5) is 4.39 Å². The Labute approximate surface area is 82.8 Å². The molecule has 14 heavy (non-hydrogen) atoms. The largest absolute Gasteiger partial charge is 0.380 e. The van der Waals surface area contributed by atoms with Gasteiger partial charge in [-0.15, -0.1) is 0 Å². The Morgan fingerprint density at radius 2 is 2.14 bits per heavy atom. The molecule has 0 unspecified atom stereocenters. The van der Waals surface area contributed by atoms with Gasteiger partial charge in [0.25, 0.3) is 0 Å². The van der Waals surface area contributed by atoms with E-state index in [1.54, 1.807) is 26.4 Å². The molecule has 1 rings (SSSR count). The summed E-state index contributed by atoms with van der Waals surface area (Å²) in [5.41, 5.74) is 4.21. The third kappa shape index (κ3) is 3.06. The van der Waals surface area contributed by atoms with Crippen molar-refractivity contribution in [3.8, 4) is 0 Å². The van der Waals surface area contributed by atoms with E-state index in [2.05, 4.69) is 5.48 Å². The van der Waals surface area contributed by atoms with Crippen LogP contribution in [-0.2, 0) is 22.7 Å². The molecular formula is C10H14FNO2. The van der Waals surface area contributed by atoms with Crippen LogP contribution in [0.15, 0.2) is 18.2 Å². The van der Waals surface area contributed by atoms with Crippen molar-refractivity contribution in [1.82, 2.24) is 5.48 Å². The molecule has 1 aromatic carbocycles. The molecule has 0 atom stereocenters. The van der Waals surface area contributed by atoms with Crippen molar-refractivity contribution in [1.29, 1.82) is 0 Å². The second-order valence-corrected chi connectivity index (χ2v) is 2.88. The number of hydroxylamine groups is 1. The van der Waals surface area contributed by atoms with E-state index in [1.807, 2.05) is 0 Å². The summed E-state index contributed by atoms with van der Waals surface area (Å²) in [5, 5.41) is 0. The number of rotatable bonds is 5. The number of hydrogen-bond acceptors (Lipinski definition) is 3. The molecule has 0 aliphatic heterocycles. The Bertz CT molecular complexity index is 291. The average molecular weight is 199 g/mol. The van der Waals surface area contributed by atoms with Crippen LogP contribution in [0.25, 0.3) is 0 Å². The fourth-order valence-electron chi connectivity index (χ4n) is 1.16. The normalized spacial score (nSPS) is 10.5. The maximum Gasteiger partial charge on any atom is 0.128 e. The Balaban J connectivity index is 2.72. The lowest BCUT2D eigenvalue weighted by molar-refractivity contribution is 0.0866. The monoisotopic (exact) mass is 199 g/mol. The van der Waals surface area contributed by atoms with Gasteiger partial charge >= 0.3 is 0 Å². The molecule has 0 fully saturated rings. The summed E-state index contributed by atoms with van der Waals surface area (Å²) >= 11 is 0. The summed E-state index contributed by atoms with van der Waals surface area (Å²) in [4.78, 5) is 4.70. The molecule has 0 amide bonds. The third-order valence-electron chi connectivity index (χ3n) is 1.83. The van der Waals surface area contributed by atoms with Crippen LogP contribution in [0, 0.1) is 5.82 Å². The van der Waals surface area contributed by atoms with Crippen molar-refractivity contribution < 1.29 is 14.0 Å². The number of ether oxygens (including phenoxy) is 1. The molecule has 0 saturated carbocycles. The van der Waals surface area contributed by atoms with Gasteiger partial charge in [0.05, 0.1) is 13.7 Å². The second kappa shape index (κ2) is 5.70. The fourth-order valence-corrected chi connectivity index (χ4v) is 1.16. The average Bonchev–Trinajstić information content (AvgIpc) is 2.19. The Morgan fingerprint density at radius 3 is 2.79 bits per heavy atom. The zero-order chi connectivity index (χ0) is 10.4. The molecular weight excluding hydrogens is 185 g/mol. The van der Waals surface area contributed by atoms with Gasteiger partial charge in [0, 0.05) is 19.2 Å². The quantitative estimate of drug-likeness (QED) is 0.731. The SMILES string of the molecule is COCc1cc(CNOC)ccc1F. The zero-order valence-electron chi connectivity index (χ0n) is 8.34. The molecule has 0 aromatic heterocycles. The van der Waals surface area contributed by atoms with Crippen LogP contribution in [0.1, 0.15) is 11.1 Å². The summed E-state index contributed by atoms with van der Waals surface area (Å²) in [6, 6.07) is 4.90. The van der Waals surface area contributed by atoms with E-state index in [9.17, 15) is 4.39 Å². The Morgan fingerprint density at radius 1 is 1.36 bits per heavy atom. The maximum atomic E-state index is 13.1. The fraction of sp³-hybridized carbons (Fsp3) is 0.400. The molecule has 0 saturated heterocycles. The van der Waals surface area contributed by atoms with Gasteiger partial charge < -0.3 is 9.57 Å². The lowest BCUT2D eigenvalue weighted by Crippen LogP contribution is -2.11. The van der Waals surface area contributed by atoms with E-state index in [-0.39, 0.29) is 12.4 Å². The minimum atomic E-state index is -0.243. The number of hydrogen-bond donors (Lipinski definition) is 1. The molecule has 4 heteroatoms. The van der Waals surface area contributed by atoms with Crippen LogP contribution in [-0.4, -0.2) is 14.2 Å². The van der Waals surface area contributed by atoms with Crippen molar-refractivity contribution in [3.63, 3.8) is 0 Å². The lowest BCUT2D eigenvalue weighted by Gasteiger charge is -2.06. The molecule has 0 spiro atoms. The molecule has 0 aliphatic rings.